The summed E-state index contributed by atoms with van der Waals surface area (Å²) in [6, 6.07) is 6.25. The summed E-state index contributed by atoms with van der Waals surface area (Å²) in [4.78, 5) is 23.1. The van der Waals surface area contributed by atoms with Crippen molar-refractivity contribution in [2.75, 3.05) is 6.54 Å². The predicted molar refractivity (Wildman–Crippen MR) is 103 cm³/mol. The third-order valence-corrected chi connectivity index (χ3v) is 5.05. The van der Waals surface area contributed by atoms with Gasteiger partial charge in [-0.15, -0.1) is 0 Å². The predicted octanol–water partition coefficient (Wildman–Crippen LogP) is 3.66. The molecule has 0 saturated heterocycles. The van der Waals surface area contributed by atoms with Crippen LogP contribution in [0.25, 0.3) is 5.69 Å². The van der Waals surface area contributed by atoms with Crippen molar-refractivity contribution in [3.8, 4) is 5.69 Å². The highest BCUT2D eigenvalue weighted by molar-refractivity contribution is 5.94. The average Bonchev–Trinajstić information content (AvgIpc) is 3.26. The van der Waals surface area contributed by atoms with E-state index >= 15 is 0 Å². The summed E-state index contributed by atoms with van der Waals surface area (Å²) in [6.07, 6.45) is 7.21. The molecule has 0 bridgehead atoms. The van der Waals surface area contributed by atoms with E-state index in [-0.39, 0.29) is 18.1 Å². The number of nitrogens with zero attached hydrogens (tertiary/aromatic N) is 2. The highest BCUT2D eigenvalue weighted by Crippen LogP contribution is 2.28. The van der Waals surface area contributed by atoms with E-state index in [0.29, 0.717) is 24.3 Å². The van der Waals surface area contributed by atoms with Crippen molar-refractivity contribution in [2.45, 2.75) is 57.8 Å². The molecule has 28 heavy (non-hydrogen) atoms. The van der Waals surface area contributed by atoms with Crippen molar-refractivity contribution < 1.29 is 19.1 Å². The number of benzene rings is 1. The molecule has 0 unspecified atom stereocenters. The van der Waals surface area contributed by atoms with Crippen LogP contribution in [0, 0.1) is 5.82 Å². The number of amides is 1. The number of carboxylic acids is 1. The first kappa shape index (κ1) is 20.0. The number of carboxylic acid groups (broad SMARTS) is 1. The summed E-state index contributed by atoms with van der Waals surface area (Å²) < 4.78 is 15.3. The number of nitrogens with one attached hydrogen (secondary N) is 1. The maximum absolute atomic E-state index is 13.6. The Hall–Kier alpha value is -2.70. The molecule has 1 aromatic carbocycles. The van der Waals surface area contributed by atoms with E-state index in [0.717, 1.165) is 56.2 Å². The van der Waals surface area contributed by atoms with E-state index in [1.54, 1.807) is 16.8 Å². The van der Waals surface area contributed by atoms with Crippen LogP contribution >= 0.6 is 0 Å². The number of fused-ring (bicyclic) bond motifs is 1. The topological polar surface area (TPSA) is 84.2 Å². The Morgan fingerprint density at radius 3 is 2.71 bits per heavy atom. The van der Waals surface area contributed by atoms with Crippen LogP contribution in [0.5, 0.6) is 0 Å². The molecule has 2 N–H and O–H groups in total. The van der Waals surface area contributed by atoms with Gasteiger partial charge in [0, 0.05) is 24.2 Å². The van der Waals surface area contributed by atoms with Crippen LogP contribution in [0.2, 0.25) is 0 Å². The molecular formula is C21H26FN3O3. The van der Waals surface area contributed by atoms with Gasteiger partial charge < -0.3 is 10.4 Å². The molecule has 1 aliphatic rings. The number of halogens is 1. The first-order valence-corrected chi connectivity index (χ1v) is 9.93. The molecule has 6 nitrogen and oxygen atoms in total. The SMILES string of the molecule is O=C(O)CCCCCCCNC(=O)c1nn(-c2cccc(F)c2)c2c1CCC2. The van der Waals surface area contributed by atoms with Crippen LogP contribution in [0.3, 0.4) is 0 Å². The lowest BCUT2D eigenvalue weighted by atomic mass is 10.1. The smallest absolute Gasteiger partial charge is 0.303 e. The standard InChI is InChI=1S/C21H26FN3O3/c22-15-8-6-9-16(14-15)25-18-11-7-10-17(18)20(24-25)21(28)23-13-5-3-1-2-4-12-19(26)27/h6,8-9,14H,1-5,7,10-13H2,(H,23,28)(H,26,27). The zero-order valence-electron chi connectivity index (χ0n) is 15.9. The Morgan fingerprint density at radius 1 is 1.14 bits per heavy atom. The van der Waals surface area contributed by atoms with Crippen molar-refractivity contribution >= 4 is 11.9 Å². The van der Waals surface area contributed by atoms with Gasteiger partial charge in [0.1, 0.15) is 5.82 Å². The van der Waals surface area contributed by atoms with Crippen molar-refractivity contribution in [1.29, 1.82) is 0 Å². The average molecular weight is 387 g/mol. The minimum absolute atomic E-state index is 0.181. The molecule has 1 aliphatic carbocycles. The number of carbonyl (C=O) groups is 2. The monoisotopic (exact) mass is 387 g/mol. The normalized spacial score (nSPS) is 12.8. The highest BCUT2D eigenvalue weighted by Gasteiger charge is 2.26. The fraction of sp³-hybridized carbons (Fsp3) is 0.476. The molecule has 0 radical (unpaired) electrons. The Bertz CT molecular complexity index is 847. The molecule has 0 aliphatic heterocycles. The Balaban J connectivity index is 1.53. The number of aromatic nitrogens is 2. The zero-order valence-corrected chi connectivity index (χ0v) is 15.9. The lowest BCUT2D eigenvalue weighted by Gasteiger charge is -2.06. The van der Waals surface area contributed by atoms with E-state index in [1.807, 2.05) is 0 Å². The molecule has 0 saturated carbocycles. The van der Waals surface area contributed by atoms with E-state index in [4.69, 9.17) is 5.11 Å². The number of rotatable bonds is 10. The van der Waals surface area contributed by atoms with Crippen molar-refractivity contribution in [2.24, 2.45) is 0 Å². The minimum Gasteiger partial charge on any atom is -0.481 e. The molecule has 0 atom stereocenters. The summed E-state index contributed by atoms with van der Waals surface area (Å²) in [6.45, 7) is 0.569. The largest absolute Gasteiger partial charge is 0.481 e. The number of hydrogen-bond donors (Lipinski definition) is 2. The van der Waals surface area contributed by atoms with Crippen LogP contribution < -0.4 is 5.32 Å². The Labute approximate surface area is 163 Å². The van der Waals surface area contributed by atoms with Gasteiger partial charge in [-0.3, -0.25) is 9.59 Å². The van der Waals surface area contributed by atoms with Crippen LogP contribution in [-0.2, 0) is 17.6 Å². The summed E-state index contributed by atoms with van der Waals surface area (Å²) in [5, 5.41) is 16.0. The van der Waals surface area contributed by atoms with Gasteiger partial charge in [-0.1, -0.05) is 25.3 Å². The van der Waals surface area contributed by atoms with Crippen molar-refractivity contribution in [1.82, 2.24) is 15.1 Å². The van der Waals surface area contributed by atoms with Gasteiger partial charge in [0.05, 0.1) is 5.69 Å². The van der Waals surface area contributed by atoms with Gasteiger partial charge in [-0.05, 0) is 50.3 Å². The van der Waals surface area contributed by atoms with Gasteiger partial charge >= 0.3 is 5.97 Å². The lowest BCUT2D eigenvalue weighted by Crippen LogP contribution is -2.26. The number of unbranched alkanes of at least 4 members (excludes halogenated alkanes) is 4. The van der Waals surface area contributed by atoms with E-state index in [2.05, 4.69) is 10.4 Å². The van der Waals surface area contributed by atoms with Gasteiger partial charge in [0.25, 0.3) is 5.91 Å². The fourth-order valence-corrected chi connectivity index (χ4v) is 3.66. The van der Waals surface area contributed by atoms with E-state index in [1.165, 1.54) is 12.1 Å². The lowest BCUT2D eigenvalue weighted by molar-refractivity contribution is -0.137. The highest BCUT2D eigenvalue weighted by atomic mass is 19.1. The number of hydrogen-bond acceptors (Lipinski definition) is 3. The van der Waals surface area contributed by atoms with Crippen molar-refractivity contribution in [3.05, 3.63) is 47.0 Å². The van der Waals surface area contributed by atoms with E-state index < -0.39 is 5.97 Å². The maximum atomic E-state index is 13.6. The fourth-order valence-electron chi connectivity index (χ4n) is 3.66. The first-order valence-electron chi connectivity index (χ1n) is 9.93. The Kier molecular flexibility index (Phi) is 6.79. The molecule has 0 spiro atoms. The second-order valence-electron chi connectivity index (χ2n) is 7.19. The molecule has 2 aromatic rings. The second kappa shape index (κ2) is 9.48. The molecular weight excluding hydrogens is 361 g/mol. The Morgan fingerprint density at radius 2 is 1.93 bits per heavy atom. The molecule has 150 valence electrons. The molecule has 0 fully saturated rings. The third kappa shape index (κ3) is 4.97. The quantitative estimate of drug-likeness (QED) is 0.610. The second-order valence-corrected chi connectivity index (χ2v) is 7.19. The van der Waals surface area contributed by atoms with Crippen LogP contribution in [0.15, 0.2) is 24.3 Å². The minimum atomic E-state index is -0.752. The number of aliphatic carboxylic acids is 1. The maximum Gasteiger partial charge on any atom is 0.303 e. The third-order valence-electron chi connectivity index (χ3n) is 5.05. The van der Waals surface area contributed by atoms with Gasteiger partial charge in [-0.25, -0.2) is 9.07 Å². The van der Waals surface area contributed by atoms with Crippen LogP contribution in [0.4, 0.5) is 4.39 Å². The molecule has 1 amide bonds. The van der Waals surface area contributed by atoms with Crippen LogP contribution in [-0.4, -0.2) is 33.3 Å². The van der Waals surface area contributed by atoms with Gasteiger partial charge in [0.2, 0.25) is 0 Å². The summed E-state index contributed by atoms with van der Waals surface area (Å²) >= 11 is 0. The summed E-state index contributed by atoms with van der Waals surface area (Å²) in [7, 11) is 0. The first-order chi connectivity index (χ1) is 13.6. The van der Waals surface area contributed by atoms with Gasteiger partial charge in [-0.2, -0.15) is 5.10 Å². The number of carbonyl (C=O) groups excluding carboxylic acids is 1. The molecule has 1 heterocycles. The van der Waals surface area contributed by atoms with Crippen molar-refractivity contribution in [3.63, 3.8) is 0 Å². The van der Waals surface area contributed by atoms with E-state index in [9.17, 15) is 14.0 Å². The summed E-state index contributed by atoms with van der Waals surface area (Å²) in [5.41, 5.74) is 3.04. The van der Waals surface area contributed by atoms with Crippen LogP contribution in [0.1, 0.15) is 66.7 Å². The zero-order chi connectivity index (χ0) is 19.9. The molecule has 3 rings (SSSR count). The molecule has 1 aromatic heterocycles. The summed E-state index contributed by atoms with van der Waals surface area (Å²) in [5.74, 6) is -1.26. The molecule has 7 heteroatoms. The van der Waals surface area contributed by atoms with Gasteiger partial charge in [0.15, 0.2) is 5.69 Å².